The van der Waals surface area contributed by atoms with E-state index in [1.54, 1.807) is 29.2 Å². The molecule has 1 aromatic rings. The molecule has 142 valence electrons. The molecule has 0 bridgehead atoms. The molecular weight excluding hydrogens is 348 g/mol. The molecule has 2 rings (SSSR count). The predicted molar refractivity (Wildman–Crippen MR) is 104 cm³/mol. The van der Waals surface area contributed by atoms with Gasteiger partial charge in [-0.15, -0.1) is 0 Å². The van der Waals surface area contributed by atoms with Gasteiger partial charge in [-0.25, -0.2) is 8.42 Å². The lowest BCUT2D eigenvalue weighted by Gasteiger charge is -2.33. The molecule has 1 amide bonds. The maximum atomic E-state index is 12.8. The van der Waals surface area contributed by atoms with Crippen molar-refractivity contribution < 1.29 is 13.2 Å². The zero-order valence-corrected chi connectivity index (χ0v) is 16.6. The van der Waals surface area contributed by atoms with Gasteiger partial charge in [-0.1, -0.05) is 44.2 Å². The molecule has 6 heteroatoms. The molecule has 1 saturated heterocycles. The van der Waals surface area contributed by atoms with Crippen molar-refractivity contribution in [3.8, 4) is 0 Å². The zero-order chi connectivity index (χ0) is 19.2. The number of allylic oxidation sites excluding steroid dienone is 3. The average Bonchev–Trinajstić information content (AvgIpc) is 2.67. The Bertz CT molecular complexity index is 759. The number of sulfonamides is 1. The molecule has 0 aliphatic carbocycles. The number of carbonyl (C=O) groups excluding carboxylic acids is 1. The number of carbonyl (C=O) groups is 1. The first-order chi connectivity index (χ1) is 12.4. The van der Waals surface area contributed by atoms with Gasteiger partial charge in [-0.2, -0.15) is 4.31 Å². The number of hydrogen-bond acceptors (Lipinski definition) is 3. The van der Waals surface area contributed by atoms with Gasteiger partial charge in [0.25, 0.3) is 0 Å². The van der Waals surface area contributed by atoms with Crippen LogP contribution in [0.25, 0.3) is 0 Å². The van der Waals surface area contributed by atoms with E-state index in [1.165, 1.54) is 10.4 Å². The standard InChI is InChI=1S/C20H28N2O3S/c1-4-6-7-8-20(23)21-13-15-22(16-14-21)26(24,25)19-11-9-18(10-12-19)17(3)5-2/h4,6-12,17H,5,13-16H2,1-3H3/b6-4+,8-7+/t17-/m0/s1. The number of amides is 1. The lowest BCUT2D eigenvalue weighted by atomic mass is 9.99. The first-order valence-electron chi connectivity index (χ1n) is 9.08. The van der Waals surface area contributed by atoms with Crippen molar-refractivity contribution in [2.75, 3.05) is 26.2 Å². The molecule has 5 nitrogen and oxygen atoms in total. The van der Waals surface area contributed by atoms with E-state index in [9.17, 15) is 13.2 Å². The van der Waals surface area contributed by atoms with Crippen LogP contribution in [-0.4, -0.2) is 49.7 Å². The van der Waals surface area contributed by atoms with Gasteiger partial charge in [0, 0.05) is 32.3 Å². The maximum absolute atomic E-state index is 12.8. The summed E-state index contributed by atoms with van der Waals surface area (Å²) in [6, 6.07) is 7.17. The highest BCUT2D eigenvalue weighted by molar-refractivity contribution is 7.89. The topological polar surface area (TPSA) is 57.7 Å². The maximum Gasteiger partial charge on any atom is 0.246 e. The second-order valence-electron chi connectivity index (χ2n) is 6.49. The molecule has 0 saturated carbocycles. The Morgan fingerprint density at radius 2 is 1.73 bits per heavy atom. The molecule has 1 aromatic carbocycles. The summed E-state index contributed by atoms with van der Waals surface area (Å²) in [6.45, 7) is 7.58. The van der Waals surface area contributed by atoms with Crippen LogP contribution in [0.1, 0.15) is 38.7 Å². The van der Waals surface area contributed by atoms with Gasteiger partial charge in [0.15, 0.2) is 0 Å². The minimum absolute atomic E-state index is 0.0851. The summed E-state index contributed by atoms with van der Waals surface area (Å²) < 4.78 is 27.1. The number of hydrogen-bond donors (Lipinski definition) is 0. The molecule has 0 N–H and O–H groups in total. The normalized spacial score (nSPS) is 17.9. The molecule has 0 spiro atoms. The molecule has 26 heavy (non-hydrogen) atoms. The Kier molecular flexibility index (Phi) is 7.17. The van der Waals surface area contributed by atoms with Crippen LogP contribution < -0.4 is 0 Å². The molecule has 0 unspecified atom stereocenters. The van der Waals surface area contributed by atoms with Crippen LogP contribution in [0.3, 0.4) is 0 Å². The number of rotatable bonds is 6. The first kappa shape index (κ1) is 20.4. The second kappa shape index (κ2) is 9.14. The van der Waals surface area contributed by atoms with Crippen LogP contribution in [0.5, 0.6) is 0 Å². The van der Waals surface area contributed by atoms with Gasteiger partial charge >= 0.3 is 0 Å². The molecule has 0 aromatic heterocycles. The van der Waals surface area contributed by atoms with E-state index in [0.29, 0.717) is 37.0 Å². The summed E-state index contributed by atoms with van der Waals surface area (Å²) >= 11 is 0. The van der Waals surface area contributed by atoms with E-state index in [0.717, 1.165) is 12.0 Å². The van der Waals surface area contributed by atoms with Gasteiger partial charge in [0.2, 0.25) is 15.9 Å². The lowest BCUT2D eigenvalue weighted by Crippen LogP contribution is -2.50. The lowest BCUT2D eigenvalue weighted by molar-refractivity contribution is -0.127. The summed E-state index contributed by atoms with van der Waals surface area (Å²) in [5.41, 5.74) is 1.15. The van der Waals surface area contributed by atoms with Crippen LogP contribution in [0.15, 0.2) is 53.5 Å². The highest BCUT2D eigenvalue weighted by Crippen LogP contribution is 2.23. The Morgan fingerprint density at radius 1 is 1.12 bits per heavy atom. The summed E-state index contributed by atoms with van der Waals surface area (Å²) in [4.78, 5) is 14.1. The third-order valence-electron chi connectivity index (χ3n) is 4.79. The van der Waals surface area contributed by atoms with E-state index in [2.05, 4.69) is 13.8 Å². The molecule has 1 atom stereocenters. The highest BCUT2D eigenvalue weighted by Gasteiger charge is 2.29. The molecule has 1 heterocycles. The minimum atomic E-state index is -3.52. The number of benzene rings is 1. The quantitative estimate of drug-likeness (QED) is 0.566. The average molecular weight is 377 g/mol. The SMILES string of the molecule is C/C=C/C=C/C(=O)N1CCN(S(=O)(=O)c2ccc([C@@H](C)CC)cc2)CC1. The van der Waals surface area contributed by atoms with Crippen molar-refractivity contribution in [2.24, 2.45) is 0 Å². The Morgan fingerprint density at radius 3 is 2.27 bits per heavy atom. The molecule has 1 aliphatic heterocycles. The van der Waals surface area contributed by atoms with Crippen molar-refractivity contribution in [3.05, 3.63) is 54.1 Å². The van der Waals surface area contributed by atoms with Gasteiger partial charge in [-0.3, -0.25) is 4.79 Å². The van der Waals surface area contributed by atoms with Crippen molar-refractivity contribution >= 4 is 15.9 Å². The summed E-state index contributed by atoms with van der Waals surface area (Å²) in [6.07, 6.45) is 7.87. The fourth-order valence-corrected chi connectivity index (χ4v) is 4.28. The van der Waals surface area contributed by atoms with Crippen LogP contribution in [0, 0.1) is 0 Å². The van der Waals surface area contributed by atoms with Crippen LogP contribution in [0.2, 0.25) is 0 Å². The Balaban J connectivity index is 2.02. The molecule has 1 aliphatic rings. The Labute approximate surface area is 157 Å². The van der Waals surface area contributed by atoms with Crippen LogP contribution in [0.4, 0.5) is 0 Å². The van der Waals surface area contributed by atoms with Crippen LogP contribution >= 0.6 is 0 Å². The van der Waals surface area contributed by atoms with E-state index in [-0.39, 0.29) is 5.91 Å². The van der Waals surface area contributed by atoms with Gasteiger partial charge in [0.1, 0.15) is 0 Å². The zero-order valence-electron chi connectivity index (χ0n) is 15.8. The molecule has 0 radical (unpaired) electrons. The van der Waals surface area contributed by atoms with Crippen molar-refractivity contribution in [2.45, 2.75) is 38.0 Å². The van der Waals surface area contributed by atoms with E-state index < -0.39 is 10.0 Å². The van der Waals surface area contributed by atoms with E-state index in [4.69, 9.17) is 0 Å². The smallest absolute Gasteiger partial charge is 0.246 e. The molecular formula is C20H28N2O3S. The van der Waals surface area contributed by atoms with E-state index >= 15 is 0 Å². The highest BCUT2D eigenvalue weighted by atomic mass is 32.2. The predicted octanol–water partition coefficient (Wildman–Crippen LogP) is 3.17. The third-order valence-corrected chi connectivity index (χ3v) is 6.70. The van der Waals surface area contributed by atoms with Gasteiger partial charge in [-0.05, 0) is 37.0 Å². The van der Waals surface area contributed by atoms with Gasteiger partial charge < -0.3 is 4.90 Å². The minimum Gasteiger partial charge on any atom is -0.337 e. The largest absolute Gasteiger partial charge is 0.337 e. The van der Waals surface area contributed by atoms with Crippen molar-refractivity contribution in [3.63, 3.8) is 0 Å². The fraction of sp³-hybridized carbons (Fsp3) is 0.450. The van der Waals surface area contributed by atoms with Crippen LogP contribution in [-0.2, 0) is 14.8 Å². The van der Waals surface area contributed by atoms with Crippen molar-refractivity contribution in [1.29, 1.82) is 0 Å². The second-order valence-corrected chi connectivity index (χ2v) is 8.43. The summed E-state index contributed by atoms with van der Waals surface area (Å²) in [7, 11) is -3.52. The Hall–Kier alpha value is -1.92. The fourth-order valence-electron chi connectivity index (χ4n) is 2.86. The monoisotopic (exact) mass is 376 g/mol. The number of piperazine rings is 1. The van der Waals surface area contributed by atoms with Crippen molar-refractivity contribution in [1.82, 2.24) is 9.21 Å². The third kappa shape index (κ3) is 4.83. The first-order valence-corrected chi connectivity index (χ1v) is 10.5. The summed E-state index contributed by atoms with van der Waals surface area (Å²) in [5.74, 6) is 0.329. The number of nitrogens with zero attached hydrogens (tertiary/aromatic N) is 2. The summed E-state index contributed by atoms with van der Waals surface area (Å²) in [5, 5.41) is 0. The van der Waals surface area contributed by atoms with E-state index in [1.807, 2.05) is 25.1 Å². The van der Waals surface area contributed by atoms with Gasteiger partial charge in [0.05, 0.1) is 4.90 Å². The molecule has 1 fully saturated rings.